The summed E-state index contributed by atoms with van der Waals surface area (Å²) in [5.41, 5.74) is 1.34. The van der Waals surface area contributed by atoms with Crippen LogP contribution in [0.3, 0.4) is 0 Å². The van der Waals surface area contributed by atoms with Crippen molar-refractivity contribution in [3.05, 3.63) is 29.8 Å². The fraction of sp³-hybridized carbons (Fsp3) is 0.562. The third-order valence-corrected chi connectivity index (χ3v) is 6.19. The molecule has 4 rings (SSSR count). The van der Waals surface area contributed by atoms with Crippen LogP contribution >= 0.6 is 11.8 Å². The van der Waals surface area contributed by atoms with Gasteiger partial charge < -0.3 is 10.2 Å². The number of carbonyl (C=O) groups is 1. The summed E-state index contributed by atoms with van der Waals surface area (Å²) in [6.07, 6.45) is 3.35. The molecule has 1 N–H and O–H groups in total. The Morgan fingerprint density at radius 3 is 3.10 bits per heavy atom. The number of piperidine rings is 1. The molecule has 0 spiro atoms. The Morgan fingerprint density at radius 2 is 2.20 bits per heavy atom. The molecule has 4 heteroatoms. The normalized spacial score (nSPS) is 32.0. The molecule has 0 radical (unpaired) electrons. The van der Waals surface area contributed by atoms with Gasteiger partial charge in [-0.3, -0.25) is 4.79 Å². The molecule has 3 aliphatic rings. The second-order valence-electron chi connectivity index (χ2n) is 6.08. The lowest BCUT2D eigenvalue weighted by Crippen LogP contribution is -2.51. The van der Waals surface area contributed by atoms with E-state index >= 15 is 0 Å². The van der Waals surface area contributed by atoms with Crippen LogP contribution in [-0.4, -0.2) is 41.7 Å². The number of fused-ring (bicyclic) bond motifs is 2. The highest BCUT2D eigenvalue weighted by Gasteiger charge is 2.40. The second kappa shape index (κ2) is 5.08. The zero-order chi connectivity index (χ0) is 13.5. The number of amides is 1. The highest BCUT2D eigenvalue weighted by Crippen LogP contribution is 2.39. The van der Waals surface area contributed by atoms with Crippen LogP contribution in [0.15, 0.2) is 29.2 Å². The Balaban J connectivity index is 1.51. The summed E-state index contributed by atoms with van der Waals surface area (Å²) in [4.78, 5) is 16.4. The van der Waals surface area contributed by atoms with E-state index in [1.54, 1.807) is 11.8 Å². The van der Waals surface area contributed by atoms with Gasteiger partial charge in [-0.15, -0.1) is 11.8 Å². The third-order valence-electron chi connectivity index (χ3n) is 4.88. The van der Waals surface area contributed by atoms with Crippen molar-refractivity contribution < 1.29 is 4.79 Å². The van der Waals surface area contributed by atoms with Crippen LogP contribution in [0.25, 0.3) is 0 Å². The summed E-state index contributed by atoms with van der Waals surface area (Å²) in [5.74, 6) is 1.05. The maximum absolute atomic E-state index is 12.9. The molecule has 1 amide bonds. The van der Waals surface area contributed by atoms with Crippen molar-refractivity contribution in [3.63, 3.8) is 0 Å². The molecule has 1 aromatic carbocycles. The monoisotopic (exact) mass is 288 g/mol. The van der Waals surface area contributed by atoms with Crippen molar-refractivity contribution in [3.8, 4) is 0 Å². The van der Waals surface area contributed by atoms with Crippen molar-refractivity contribution in [1.29, 1.82) is 0 Å². The van der Waals surface area contributed by atoms with Gasteiger partial charge in [0.15, 0.2) is 0 Å². The highest BCUT2D eigenvalue weighted by atomic mass is 32.2. The van der Waals surface area contributed by atoms with E-state index in [0.29, 0.717) is 17.9 Å². The lowest BCUT2D eigenvalue weighted by atomic mass is 9.91. The van der Waals surface area contributed by atoms with E-state index in [2.05, 4.69) is 34.5 Å². The largest absolute Gasteiger partial charge is 0.337 e. The Bertz CT molecular complexity index is 508. The lowest BCUT2D eigenvalue weighted by molar-refractivity contribution is -0.134. The minimum absolute atomic E-state index is 0.103. The minimum Gasteiger partial charge on any atom is -0.337 e. The number of nitrogens with one attached hydrogen (secondary N) is 1. The number of benzene rings is 1. The van der Waals surface area contributed by atoms with Crippen LogP contribution < -0.4 is 5.32 Å². The average Bonchev–Trinajstić information content (AvgIpc) is 3.12. The van der Waals surface area contributed by atoms with Crippen LogP contribution in [0, 0.1) is 5.92 Å². The maximum atomic E-state index is 12.9. The van der Waals surface area contributed by atoms with Gasteiger partial charge in [-0.1, -0.05) is 18.2 Å². The summed E-state index contributed by atoms with van der Waals surface area (Å²) in [7, 11) is 0. The van der Waals surface area contributed by atoms with E-state index in [1.165, 1.54) is 23.3 Å². The number of hydrogen-bond donors (Lipinski definition) is 1. The average molecular weight is 288 g/mol. The fourth-order valence-electron chi connectivity index (χ4n) is 3.85. The van der Waals surface area contributed by atoms with E-state index in [0.717, 1.165) is 26.1 Å². The van der Waals surface area contributed by atoms with Gasteiger partial charge in [-0.05, 0) is 36.8 Å². The first-order valence-corrected chi connectivity index (χ1v) is 8.46. The molecule has 3 unspecified atom stereocenters. The molecule has 0 aromatic heterocycles. The third kappa shape index (κ3) is 2.06. The molecule has 2 saturated heterocycles. The first-order valence-electron chi connectivity index (χ1n) is 7.58. The summed E-state index contributed by atoms with van der Waals surface area (Å²) in [6.45, 7) is 3.03. The molecule has 2 fully saturated rings. The Kier molecular flexibility index (Phi) is 3.23. The smallest absolute Gasteiger partial charge is 0.236 e. The highest BCUT2D eigenvalue weighted by molar-refractivity contribution is 8.01. The van der Waals surface area contributed by atoms with Gasteiger partial charge >= 0.3 is 0 Å². The van der Waals surface area contributed by atoms with Crippen LogP contribution in [0.1, 0.15) is 18.4 Å². The summed E-state index contributed by atoms with van der Waals surface area (Å²) in [6, 6.07) is 8.89. The number of hydrogen-bond acceptors (Lipinski definition) is 3. The number of thioether (sulfide) groups is 1. The lowest BCUT2D eigenvalue weighted by Gasteiger charge is -2.38. The minimum atomic E-state index is 0.103. The zero-order valence-electron chi connectivity index (χ0n) is 11.5. The predicted molar refractivity (Wildman–Crippen MR) is 80.9 cm³/mol. The second-order valence-corrected chi connectivity index (χ2v) is 7.32. The molecule has 0 bridgehead atoms. The Morgan fingerprint density at radius 1 is 1.30 bits per heavy atom. The molecule has 0 saturated carbocycles. The van der Waals surface area contributed by atoms with Gasteiger partial charge in [0.05, 0.1) is 5.25 Å². The maximum Gasteiger partial charge on any atom is 0.236 e. The Labute approximate surface area is 124 Å². The summed E-state index contributed by atoms with van der Waals surface area (Å²) < 4.78 is 0. The molecule has 3 heterocycles. The van der Waals surface area contributed by atoms with E-state index in [1.807, 2.05) is 0 Å². The summed E-state index contributed by atoms with van der Waals surface area (Å²) in [5, 5.41) is 3.56. The SMILES string of the molecule is O=C(C1Cc2ccccc2S1)N1CCCC2CNCC21. The predicted octanol–water partition coefficient (Wildman–Crippen LogP) is 1.91. The number of carbonyl (C=O) groups excluding carboxylic acids is 1. The van der Waals surface area contributed by atoms with Gasteiger partial charge in [0.1, 0.15) is 0 Å². The van der Waals surface area contributed by atoms with Gasteiger partial charge in [0, 0.05) is 30.6 Å². The van der Waals surface area contributed by atoms with Gasteiger partial charge in [0.2, 0.25) is 5.91 Å². The summed E-state index contributed by atoms with van der Waals surface area (Å²) >= 11 is 1.76. The van der Waals surface area contributed by atoms with E-state index in [-0.39, 0.29) is 5.25 Å². The topological polar surface area (TPSA) is 32.3 Å². The molecule has 20 heavy (non-hydrogen) atoms. The molecular weight excluding hydrogens is 268 g/mol. The van der Waals surface area contributed by atoms with E-state index in [4.69, 9.17) is 0 Å². The quantitative estimate of drug-likeness (QED) is 0.857. The molecule has 3 atom stereocenters. The standard InChI is InChI=1S/C16H20N2OS/c19-16(15-8-11-4-1-2-6-14(11)20-15)18-7-3-5-12-9-17-10-13(12)18/h1-2,4,6,12-13,15,17H,3,5,7-10H2. The fourth-order valence-corrected chi connectivity index (χ4v) is 5.11. The van der Waals surface area contributed by atoms with Crippen molar-refractivity contribution >= 4 is 17.7 Å². The molecule has 3 nitrogen and oxygen atoms in total. The first-order chi connectivity index (χ1) is 9.83. The number of nitrogens with zero attached hydrogens (tertiary/aromatic N) is 1. The molecule has 3 aliphatic heterocycles. The first kappa shape index (κ1) is 12.7. The van der Waals surface area contributed by atoms with Gasteiger partial charge in [-0.25, -0.2) is 0 Å². The van der Waals surface area contributed by atoms with Crippen LogP contribution in [-0.2, 0) is 11.2 Å². The number of rotatable bonds is 1. The van der Waals surface area contributed by atoms with E-state index in [9.17, 15) is 4.79 Å². The number of likely N-dealkylation sites (tertiary alicyclic amines) is 1. The molecule has 0 aliphatic carbocycles. The Hall–Kier alpha value is -1.00. The van der Waals surface area contributed by atoms with Crippen molar-refractivity contribution in [2.24, 2.45) is 5.92 Å². The molecular formula is C16H20N2OS. The van der Waals surface area contributed by atoms with Crippen molar-refractivity contribution in [1.82, 2.24) is 10.2 Å². The van der Waals surface area contributed by atoms with Crippen LogP contribution in [0.2, 0.25) is 0 Å². The van der Waals surface area contributed by atoms with Crippen LogP contribution in [0.5, 0.6) is 0 Å². The van der Waals surface area contributed by atoms with Crippen molar-refractivity contribution in [2.45, 2.75) is 35.4 Å². The van der Waals surface area contributed by atoms with Gasteiger partial charge in [0.25, 0.3) is 0 Å². The molecule has 106 valence electrons. The zero-order valence-corrected chi connectivity index (χ0v) is 12.4. The van der Waals surface area contributed by atoms with Crippen LogP contribution in [0.4, 0.5) is 0 Å². The van der Waals surface area contributed by atoms with E-state index < -0.39 is 0 Å². The van der Waals surface area contributed by atoms with Crippen molar-refractivity contribution in [2.75, 3.05) is 19.6 Å². The molecule has 1 aromatic rings. The van der Waals surface area contributed by atoms with Gasteiger partial charge in [-0.2, -0.15) is 0 Å².